The zero-order chi connectivity index (χ0) is 30.8. The Morgan fingerprint density at radius 3 is 2.12 bits per heavy atom. The first-order valence-corrected chi connectivity index (χ1v) is 17.0. The second-order valence-electron chi connectivity index (χ2n) is 11.4. The molecule has 3 unspecified atom stereocenters. The van der Waals surface area contributed by atoms with Crippen molar-refractivity contribution in [1.29, 1.82) is 0 Å². The lowest BCUT2D eigenvalue weighted by molar-refractivity contribution is -0.870. The van der Waals surface area contributed by atoms with Gasteiger partial charge in [-0.1, -0.05) is 94.6 Å². The van der Waals surface area contributed by atoms with Gasteiger partial charge in [-0.25, -0.2) is 4.57 Å². The summed E-state index contributed by atoms with van der Waals surface area (Å²) >= 11 is 0. The fraction of sp³-hybridized carbons (Fsp3) is 0.719. The van der Waals surface area contributed by atoms with E-state index in [2.05, 4.69) is 55.6 Å². The van der Waals surface area contributed by atoms with Crippen molar-refractivity contribution in [2.24, 2.45) is 0 Å². The second kappa shape index (κ2) is 25.0. The van der Waals surface area contributed by atoms with E-state index in [0.29, 0.717) is 17.4 Å². The number of nitrogens with one attached hydrogen (secondary N) is 1. The van der Waals surface area contributed by atoms with Crippen LogP contribution in [-0.2, 0) is 18.4 Å². The van der Waals surface area contributed by atoms with Crippen molar-refractivity contribution in [1.82, 2.24) is 5.32 Å². The molecule has 0 saturated heterocycles. The Morgan fingerprint density at radius 1 is 0.854 bits per heavy atom. The molecule has 0 fully saturated rings. The summed E-state index contributed by atoms with van der Waals surface area (Å²) < 4.78 is 23.1. The van der Waals surface area contributed by atoms with E-state index in [-0.39, 0.29) is 19.1 Å². The molecule has 3 atom stereocenters. The molecule has 0 spiro atoms. The molecule has 0 aromatic carbocycles. The maximum Gasteiger partial charge on any atom is 0.472 e. The number of hydrogen-bond acceptors (Lipinski definition) is 5. The number of phosphoric ester groups is 1. The number of nitrogens with zero attached hydrogens (tertiary/aromatic N) is 1. The molecule has 0 heterocycles. The van der Waals surface area contributed by atoms with Crippen LogP contribution in [0.15, 0.2) is 48.6 Å². The molecule has 8 nitrogen and oxygen atoms in total. The number of carbonyl (C=O) groups excluding carboxylic acids is 1. The van der Waals surface area contributed by atoms with Gasteiger partial charge in [0.25, 0.3) is 0 Å². The Kier molecular flexibility index (Phi) is 24.1. The molecule has 1 amide bonds. The summed E-state index contributed by atoms with van der Waals surface area (Å²) in [5.41, 5.74) is 0. The highest BCUT2D eigenvalue weighted by Crippen LogP contribution is 2.43. The molecular formula is C32H60N2O6P+. The standard InChI is InChI=1S/C32H59N2O6P/c1-6-8-10-12-13-14-15-16-17-18-19-20-21-22-24-26-32(36)33-30(31(35)25-23-11-9-7-2)29-40-41(37,38)39-28-27-34(3,4)5/h8,10,13-14,16-17,23,25,30-31,35H,6-7,9,11-12,15,18-22,24,26-29H2,1-5H3,(H-,33,36,37,38)/p+1/b10-8-,14-13-,17-16-,25-23+. The quantitative estimate of drug-likeness (QED) is 0.0428. The van der Waals surface area contributed by atoms with Gasteiger partial charge in [-0.3, -0.25) is 13.8 Å². The molecule has 0 aliphatic rings. The Hall–Kier alpha value is -1.54. The number of likely N-dealkylation sites (N-methyl/N-ethyl adjacent to an activating group) is 1. The summed E-state index contributed by atoms with van der Waals surface area (Å²) in [4.78, 5) is 22.6. The number of rotatable bonds is 26. The highest BCUT2D eigenvalue weighted by molar-refractivity contribution is 7.47. The van der Waals surface area contributed by atoms with Crippen LogP contribution in [0.4, 0.5) is 0 Å². The van der Waals surface area contributed by atoms with Crippen LogP contribution in [0, 0.1) is 0 Å². The highest BCUT2D eigenvalue weighted by atomic mass is 31.2. The third-order valence-corrected chi connectivity index (χ3v) is 7.29. The lowest BCUT2D eigenvalue weighted by atomic mass is 10.1. The van der Waals surface area contributed by atoms with E-state index in [9.17, 15) is 19.4 Å². The number of aliphatic hydroxyl groups excluding tert-OH is 1. The van der Waals surface area contributed by atoms with E-state index in [0.717, 1.165) is 77.0 Å². The Balaban J connectivity index is 4.43. The number of quaternary nitrogens is 1. The van der Waals surface area contributed by atoms with Gasteiger partial charge < -0.3 is 19.8 Å². The Morgan fingerprint density at radius 2 is 1.46 bits per heavy atom. The number of phosphoric acid groups is 1. The number of unbranched alkanes of at least 4 members (excludes halogenated alkanes) is 7. The van der Waals surface area contributed by atoms with E-state index >= 15 is 0 Å². The molecule has 0 aliphatic heterocycles. The minimum atomic E-state index is -4.31. The largest absolute Gasteiger partial charge is 0.472 e. The van der Waals surface area contributed by atoms with Crippen LogP contribution in [0.3, 0.4) is 0 Å². The number of allylic oxidation sites excluding steroid dienone is 7. The average Bonchev–Trinajstić information content (AvgIpc) is 2.90. The summed E-state index contributed by atoms with van der Waals surface area (Å²) in [7, 11) is 1.54. The second-order valence-corrected chi connectivity index (χ2v) is 12.9. The molecule has 41 heavy (non-hydrogen) atoms. The summed E-state index contributed by atoms with van der Waals surface area (Å²) in [5, 5.41) is 13.4. The van der Waals surface area contributed by atoms with Crippen LogP contribution < -0.4 is 5.32 Å². The summed E-state index contributed by atoms with van der Waals surface area (Å²) in [6.45, 7) is 4.48. The zero-order valence-corrected chi connectivity index (χ0v) is 27.4. The fourth-order valence-electron chi connectivity index (χ4n) is 3.74. The van der Waals surface area contributed by atoms with Gasteiger partial charge in [0.2, 0.25) is 5.91 Å². The van der Waals surface area contributed by atoms with Gasteiger partial charge in [0.15, 0.2) is 0 Å². The van der Waals surface area contributed by atoms with Crippen LogP contribution in [0.5, 0.6) is 0 Å². The Bertz CT molecular complexity index is 819. The van der Waals surface area contributed by atoms with Crippen molar-refractivity contribution in [2.75, 3.05) is 40.9 Å². The molecular weight excluding hydrogens is 539 g/mol. The molecule has 0 saturated carbocycles. The minimum Gasteiger partial charge on any atom is -0.387 e. The molecule has 238 valence electrons. The topological polar surface area (TPSA) is 105 Å². The van der Waals surface area contributed by atoms with Crippen molar-refractivity contribution in [3.05, 3.63) is 48.6 Å². The third kappa shape index (κ3) is 27.1. The summed E-state index contributed by atoms with van der Waals surface area (Å²) in [6, 6.07) is -0.850. The van der Waals surface area contributed by atoms with Crippen molar-refractivity contribution in [2.45, 2.75) is 109 Å². The lowest BCUT2D eigenvalue weighted by Crippen LogP contribution is -2.45. The van der Waals surface area contributed by atoms with Gasteiger partial charge in [-0.15, -0.1) is 0 Å². The van der Waals surface area contributed by atoms with E-state index in [1.807, 2.05) is 27.2 Å². The number of aliphatic hydroxyl groups is 1. The summed E-state index contributed by atoms with van der Waals surface area (Å²) in [5.74, 6) is -0.209. The van der Waals surface area contributed by atoms with Gasteiger partial charge in [0.05, 0.1) is 39.9 Å². The first-order chi connectivity index (χ1) is 19.5. The molecule has 3 N–H and O–H groups in total. The van der Waals surface area contributed by atoms with Crippen LogP contribution in [0.25, 0.3) is 0 Å². The Labute approximate surface area is 250 Å². The molecule has 0 aromatic rings. The first-order valence-electron chi connectivity index (χ1n) is 15.5. The van der Waals surface area contributed by atoms with Crippen molar-refractivity contribution in [3.63, 3.8) is 0 Å². The number of carbonyl (C=O) groups is 1. The SMILES string of the molecule is CC/C=C\C/C=C\C/C=C\CCCCCCCC(=O)NC(COP(=O)(O)OCC[N+](C)(C)C)C(O)/C=C/CCCC. The van der Waals surface area contributed by atoms with Gasteiger partial charge >= 0.3 is 7.82 Å². The van der Waals surface area contributed by atoms with E-state index in [4.69, 9.17) is 9.05 Å². The van der Waals surface area contributed by atoms with Gasteiger partial charge in [0.1, 0.15) is 13.2 Å². The maximum absolute atomic E-state index is 12.6. The van der Waals surface area contributed by atoms with Gasteiger partial charge in [0, 0.05) is 6.42 Å². The molecule has 9 heteroatoms. The first kappa shape index (κ1) is 39.5. The number of hydrogen-bond donors (Lipinski definition) is 3. The van der Waals surface area contributed by atoms with Crippen molar-refractivity contribution in [3.8, 4) is 0 Å². The van der Waals surface area contributed by atoms with E-state index < -0.39 is 20.0 Å². The van der Waals surface area contributed by atoms with Crippen LogP contribution >= 0.6 is 7.82 Å². The molecule has 0 bridgehead atoms. The van der Waals surface area contributed by atoms with Crippen LogP contribution in [-0.4, -0.2) is 73.4 Å². The molecule has 0 aromatic heterocycles. The smallest absolute Gasteiger partial charge is 0.387 e. The van der Waals surface area contributed by atoms with Crippen LogP contribution in [0.1, 0.15) is 97.3 Å². The van der Waals surface area contributed by atoms with E-state index in [1.54, 1.807) is 6.08 Å². The lowest BCUT2D eigenvalue weighted by Gasteiger charge is -2.25. The zero-order valence-electron chi connectivity index (χ0n) is 26.5. The van der Waals surface area contributed by atoms with Crippen molar-refractivity contribution >= 4 is 13.7 Å². The molecule has 0 radical (unpaired) electrons. The van der Waals surface area contributed by atoms with Crippen LogP contribution in [0.2, 0.25) is 0 Å². The molecule has 0 rings (SSSR count). The predicted octanol–water partition coefficient (Wildman–Crippen LogP) is 7.01. The average molecular weight is 600 g/mol. The number of amides is 1. The van der Waals surface area contributed by atoms with Gasteiger partial charge in [-0.05, 0) is 44.9 Å². The fourth-order valence-corrected chi connectivity index (χ4v) is 4.48. The van der Waals surface area contributed by atoms with Crippen molar-refractivity contribution < 1.29 is 32.9 Å². The predicted molar refractivity (Wildman–Crippen MR) is 170 cm³/mol. The summed E-state index contributed by atoms with van der Waals surface area (Å²) in [6.07, 6.45) is 28.0. The van der Waals surface area contributed by atoms with E-state index in [1.165, 1.54) is 0 Å². The normalized spacial score (nSPS) is 15.8. The minimum absolute atomic E-state index is 0.0542. The van der Waals surface area contributed by atoms with Gasteiger partial charge in [-0.2, -0.15) is 0 Å². The highest BCUT2D eigenvalue weighted by Gasteiger charge is 2.27. The maximum atomic E-state index is 12.6. The third-order valence-electron chi connectivity index (χ3n) is 6.30. The monoisotopic (exact) mass is 599 g/mol. The molecule has 0 aliphatic carbocycles.